The van der Waals surface area contributed by atoms with Gasteiger partial charge in [0.15, 0.2) is 5.82 Å². The topological polar surface area (TPSA) is 112 Å². The Morgan fingerprint density at radius 1 is 1.35 bits per heavy atom. The van der Waals surface area contributed by atoms with Gasteiger partial charge in [0, 0.05) is 19.6 Å². The molecule has 23 heavy (non-hydrogen) atoms. The zero-order valence-corrected chi connectivity index (χ0v) is 14.0. The average Bonchev–Trinajstić information content (AvgIpc) is 2.90. The summed E-state index contributed by atoms with van der Waals surface area (Å²) in [5, 5.41) is 3.95. The summed E-state index contributed by atoms with van der Waals surface area (Å²) in [7, 11) is -1.75. The molecule has 3 N–H and O–H groups in total. The third kappa shape index (κ3) is 5.02. The fourth-order valence-electron chi connectivity index (χ4n) is 1.82. The lowest BCUT2D eigenvalue weighted by Crippen LogP contribution is -2.29. The van der Waals surface area contributed by atoms with Gasteiger partial charge in [0.25, 0.3) is 0 Å². The Labute approximate surface area is 135 Å². The number of benzene rings is 1. The van der Waals surface area contributed by atoms with Crippen LogP contribution in [0.1, 0.15) is 19.2 Å². The summed E-state index contributed by atoms with van der Waals surface area (Å²) in [5.41, 5.74) is 5.60. The molecule has 0 spiro atoms. The first-order valence-corrected chi connectivity index (χ1v) is 8.68. The predicted octanol–water partition coefficient (Wildman–Crippen LogP) is 0.410. The Morgan fingerprint density at radius 2 is 2.04 bits per heavy atom. The number of nitrogens with one attached hydrogen (secondary N) is 1. The van der Waals surface area contributed by atoms with Gasteiger partial charge in [-0.15, -0.1) is 0 Å². The van der Waals surface area contributed by atoms with Gasteiger partial charge in [0.2, 0.25) is 10.0 Å². The third-order valence-corrected chi connectivity index (χ3v) is 4.68. The number of nitrogens with two attached hydrogens (primary N) is 1. The molecule has 126 valence electrons. The van der Waals surface area contributed by atoms with E-state index in [0.29, 0.717) is 24.5 Å². The minimum absolute atomic E-state index is 0.0471. The molecule has 1 heterocycles. The number of hydrogen-bond acceptors (Lipinski definition) is 6. The number of ether oxygens (including phenoxy) is 1. The number of sulfonamides is 1. The van der Waals surface area contributed by atoms with Gasteiger partial charge in [-0.2, -0.15) is 5.10 Å². The van der Waals surface area contributed by atoms with Crippen molar-refractivity contribution in [2.75, 3.05) is 6.54 Å². The van der Waals surface area contributed by atoms with Crippen LogP contribution in [0.2, 0.25) is 0 Å². The standard InChI is InChI=1S/C14H21N5O3S/c1-11(15)7-8-18-23(20,21)13-5-3-12(4-6-13)22-9-14-16-10-17-19(14)2/h3-6,10-11,18H,7-9,15H2,1-2H3. The second kappa shape index (κ2) is 7.53. The Hall–Kier alpha value is -1.97. The molecule has 0 aliphatic carbocycles. The van der Waals surface area contributed by atoms with E-state index < -0.39 is 10.0 Å². The van der Waals surface area contributed by atoms with Gasteiger partial charge >= 0.3 is 0 Å². The predicted molar refractivity (Wildman–Crippen MR) is 85.2 cm³/mol. The molecule has 8 nitrogen and oxygen atoms in total. The first kappa shape index (κ1) is 17.4. The molecule has 9 heteroatoms. The van der Waals surface area contributed by atoms with E-state index in [1.54, 1.807) is 23.9 Å². The molecule has 1 atom stereocenters. The van der Waals surface area contributed by atoms with E-state index in [1.807, 2.05) is 6.92 Å². The van der Waals surface area contributed by atoms with Crippen LogP contribution < -0.4 is 15.2 Å². The van der Waals surface area contributed by atoms with Crippen LogP contribution >= 0.6 is 0 Å². The summed E-state index contributed by atoms with van der Waals surface area (Å²) in [6.07, 6.45) is 2.03. The second-order valence-electron chi connectivity index (χ2n) is 5.22. The van der Waals surface area contributed by atoms with E-state index in [2.05, 4.69) is 14.8 Å². The van der Waals surface area contributed by atoms with Crippen LogP contribution in [0, 0.1) is 0 Å². The molecule has 0 amide bonds. The van der Waals surface area contributed by atoms with Crippen molar-refractivity contribution in [1.82, 2.24) is 19.5 Å². The molecule has 0 saturated carbocycles. The highest BCUT2D eigenvalue weighted by molar-refractivity contribution is 7.89. The summed E-state index contributed by atoms with van der Waals surface area (Å²) in [4.78, 5) is 4.23. The van der Waals surface area contributed by atoms with Crippen molar-refractivity contribution in [3.63, 3.8) is 0 Å². The Morgan fingerprint density at radius 3 is 2.61 bits per heavy atom. The zero-order valence-electron chi connectivity index (χ0n) is 13.1. The van der Waals surface area contributed by atoms with E-state index in [0.717, 1.165) is 0 Å². The smallest absolute Gasteiger partial charge is 0.240 e. The molecule has 0 radical (unpaired) electrons. The van der Waals surface area contributed by atoms with Gasteiger partial charge in [-0.05, 0) is 37.6 Å². The van der Waals surface area contributed by atoms with Gasteiger partial charge in [0.1, 0.15) is 18.7 Å². The monoisotopic (exact) mass is 339 g/mol. The van der Waals surface area contributed by atoms with Crippen LogP contribution in [0.25, 0.3) is 0 Å². The lowest BCUT2D eigenvalue weighted by atomic mass is 10.3. The van der Waals surface area contributed by atoms with Gasteiger partial charge in [-0.1, -0.05) is 0 Å². The van der Waals surface area contributed by atoms with Crippen LogP contribution in [0.3, 0.4) is 0 Å². The lowest BCUT2D eigenvalue weighted by Gasteiger charge is -2.09. The molecule has 1 aromatic carbocycles. The van der Waals surface area contributed by atoms with E-state index in [-0.39, 0.29) is 17.5 Å². The van der Waals surface area contributed by atoms with Crippen LogP contribution in [0.15, 0.2) is 35.5 Å². The maximum atomic E-state index is 12.1. The largest absolute Gasteiger partial charge is 0.486 e. The van der Waals surface area contributed by atoms with E-state index in [4.69, 9.17) is 10.5 Å². The van der Waals surface area contributed by atoms with Crippen molar-refractivity contribution in [2.24, 2.45) is 12.8 Å². The molecule has 0 aliphatic heterocycles. The fraction of sp³-hybridized carbons (Fsp3) is 0.429. The summed E-state index contributed by atoms with van der Waals surface area (Å²) in [5.74, 6) is 1.24. The highest BCUT2D eigenvalue weighted by Gasteiger charge is 2.13. The van der Waals surface area contributed by atoms with Crippen molar-refractivity contribution >= 4 is 10.0 Å². The highest BCUT2D eigenvalue weighted by atomic mass is 32.2. The second-order valence-corrected chi connectivity index (χ2v) is 6.99. The Kier molecular flexibility index (Phi) is 5.69. The van der Waals surface area contributed by atoms with Crippen molar-refractivity contribution in [3.05, 3.63) is 36.4 Å². The third-order valence-electron chi connectivity index (χ3n) is 3.20. The Bertz CT molecular complexity index is 725. The molecular formula is C14H21N5O3S. The van der Waals surface area contributed by atoms with Crippen molar-refractivity contribution < 1.29 is 13.2 Å². The van der Waals surface area contributed by atoms with Crippen LogP contribution in [-0.2, 0) is 23.7 Å². The summed E-state index contributed by atoms with van der Waals surface area (Å²) >= 11 is 0. The summed E-state index contributed by atoms with van der Waals surface area (Å²) in [6.45, 7) is 2.40. The minimum atomic E-state index is -3.53. The van der Waals surface area contributed by atoms with Crippen LogP contribution in [0.4, 0.5) is 0 Å². The number of aryl methyl sites for hydroxylation is 1. The summed E-state index contributed by atoms with van der Waals surface area (Å²) < 4.78 is 33.9. The van der Waals surface area contributed by atoms with Crippen molar-refractivity contribution in [1.29, 1.82) is 0 Å². The maximum absolute atomic E-state index is 12.1. The fourth-order valence-corrected chi connectivity index (χ4v) is 2.87. The van der Waals surface area contributed by atoms with E-state index in [1.165, 1.54) is 18.5 Å². The van der Waals surface area contributed by atoms with Gasteiger partial charge < -0.3 is 10.5 Å². The number of aromatic nitrogens is 3. The quantitative estimate of drug-likeness (QED) is 0.720. The molecule has 0 fully saturated rings. The minimum Gasteiger partial charge on any atom is -0.486 e. The summed E-state index contributed by atoms with van der Waals surface area (Å²) in [6, 6.07) is 6.17. The zero-order chi connectivity index (χ0) is 16.9. The molecule has 0 bridgehead atoms. The number of hydrogen-bond donors (Lipinski definition) is 2. The maximum Gasteiger partial charge on any atom is 0.240 e. The highest BCUT2D eigenvalue weighted by Crippen LogP contribution is 2.16. The van der Waals surface area contributed by atoms with Crippen LogP contribution in [-0.4, -0.2) is 35.8 Å². The van der Waals surface area contributed by atoms with Gasteiger partial charge in [-0.3, -0.25) is 4.68 Å². The SMILES string of the molecule is CC(N)CCNS(=O)(=O)c1ccc(OCc2ncnn2C)cc1. The van der Waals surface area contributed by atoms with Crippen LogP contribution in [0.5, 0.6) is 5.75 Å². The van der Waals surface area contributed by atoms with E-state index >= 15 is 0 Å². The van der Waals surface area contributed by atoms with Gasteiger partial charge in [-0.25, -0.2) is 18.1 Å². The van der Waals surface area contributed by atoms with Gasteiger partial charge in [0.05, 0.1) is 4.90 Å². The number of rotatable bonds is 8. The number of nitrogens with zero attached hydrogens (tertiary/aromatic N) is 3. The molecular weight excluding hydrogens is 318 g/mol. The molecule has 0 saturated heterocycles. The first-order valence-electron chi connectivity index (χ1n) is 7.19. The normalized spacial score (nSPS) is 13.0. The van der Waals surface area contributed by atoms with Crippen molar-refractivity contribution in [3.8, 4) is 5.75 Å². The molecule has 0 aliphatic rings. The van der Waals surface area contributed by atoms with Crippen molar-refractivity contribution in [2.45, 2.75) is 30.9 Å². The lowest BCUT2D eigenvalue weighted by molar-refractivity contribution is 0.289. The average molecular weight is 339 g/mol. The van der Waals surface area contributed by atoms with E-state index in [9.17, 15) is 8.42 Å². The molecule has 1 aromatic heterocycles. The molecule has 2 rings (SSSR count). The molecule has 2 aromatic rings. The Balaban J connectivity index is 1.94. The molecule has 1 unspecified atom stereocenters. The first-order chi connectivity index (χ1) is 10.9.